The molecule has 1 aliphatic heterocycles. The van der Waals surface area contributed by atoms with Crippen LogP contribution < -0.4 is 5.32 Å². The van der Waals surface area contributed by atoms with Crippen LogP contribution in [-0.4, -0.2) is 22.6 Å². The highest BCUT2D eigenvalue weighted by molar-refractivity contribution is 6.18. The summed E-state index contributed by atoms with van der Waals surface area (Å²) in [5.41, 5.74) is 3.21. The topological polar surface area (TPSA) is 54.4 Å². The molecule has 1 unspecified atom stereocenters. The van der Waals surface area contributed by atoms with Crippen LogP contribution in [-0.2, 0) is 4.79 Å². The molecule has 0 bridgehead atoms. The maximum absolute atomic E-state index is 11.9. The third kappa shape index (κ3) is 2.12. The molecule has 0 saturated carbocycles. The third-order valence-corrected chi connectivity index (χ3v) is 3.05. The van der Waals surface area contributed by atoms with Crippen molar-refractivity contribution in [1.29, 1.82) is 0 Å². The minimum Gasteiger partial charge on any atom is -0.324 e. The standard InChI is InChI=1S/C15H13N3O/c1-10-15(19)18-12-7-3-2-6-11(12)14(17-10)13-8-4-5-9-16-13/h2-10H,1H3,(H,18,19). The van der Waals surface area contributed by atoms with Crippen LogP contribution >= 0.6 is 0 Å². The molecule has 4 nitrogen and oxygen atoms in total. The van der Waals surface area contributed by atoms with E-state index in [0.29, 0.717) is 0 Å². The summed E-state index contributed by atoms with van der Waals surface area (Å²) < 4.78 is 0. The van der Waals surface area contributed by atoms with Crippen molar-refractivity contribution < 1.29 is 4.79 Å². The molecular formula is C15H13N3O. The van der Waals surface area contributed by atoms with Gasteiger partial charge < -0.3 is 5.32 Å². The van der Waals surface area contributed by atoms with Crippen molar-refractivity contribution in [3.8, 4) is 0 Å². The Morgan fingerprint density at radius 2 is 1.89 bits per heavy atom. The van der Waals surface area contributed by atoms with Gasteiger partial charge in [0.25, 0.3) is 0 Å². The monoisotopic (exact) mass is 251 g/mol. The molecular weight excluding hydrogens is 238 g/mol. The Kier molecular flexibility index (Phi) is 2.83. The molecule has 0 spiro atoms. The number of hydrogen-bond acceptors (Lipinski definition) is 3. The molecule has 2 aromatic rings. The van der Waals surface area contributed by atoms with Crippen molar-refractivity contribution in [2.75, 3.05) is 5.32 Å². The number of aliphatic imine (C=N–C) groups is 1. The van der Waals surface area contributed by atoms with Crippen LogP contribution in [0.5, 0.6) is 0 Å². The lowest BCUT2D eigenvalue weighted by molar-refractivity contribution is -0.116. The van der Waals surface area contributed by atoms with Crippen LogP contribution in [0.4, 0.5) is 5.69 Å². The minimum atomic E-state index is -0.426. The first kappa shape index (κ1) is 11.6. The lowest BCUT2D eigenvalue weighted by Gasteiger charge is -2.08. The van der Waals surface area contributed by atoms with Gasteiger partial charge in [-0.15, -0.1) is 0 Å². The number of pyridine rings is 1. The highest BCUT2D eigenvalue weighted by Crippen LogP contribution is 2.22. The van der Waals surface area contributed by atoms with Crippen molar-refractivity contribution in [3.63, 3.8) is 0 Å². The Hall–Kier alpha value is -2.49. The molecule has 1 N–H and O–H groups in total. The highest BCUT2D eigenvalue weighted by Gasteiger charge is 2.22. The number of benzodiazepines with no additional fused rings is 1. The number of para-hydroxylation sites is 1. The maximum atomic E-state index is 11.9. The molecule has 1 atom stereocenters. The van der Waals surface area contributed by atoms with E-state index in [-0.39, 0.29) is 5.91 Å². The van der Waals surface area contributed by atoms with Gasteiger partial charge in [0.2, 0.25) is 5.91 Å². The SMILES string of the molecule is CC1N=C(c2ccccn2)c2ccccc2NC1=O. The fraction of sp³-hybridized carbons (Fsp3) is 0.133. The van der Waals surface area contributed by atoms with E-state index in [1.54, 1.807) is 13.1 Å². The van der Waals surface area contributed by atoms with Crippen LogP contribution in [0, 0.1) is 0 Å². The van der Waals surface area contributed by atoms with Gasteiger partial charge in [0.05, 0.1) is 17.1 Å². The fourth-order valence-electron chi connectivity index (χ4n) is 2.06. The number of amides is 1. The Morgan fingerprint density at radius 3 is 2.68 bits per heavy atom. The van der Waals surface area contributed by atoms with Crippen LogP contribution in [0.2, 0.25) is 0 Å². The molecule has 1 amide bonds. The van der Waals surface area contributed by atoms with Crippen molar-refractivity contribution in [1.82, 2.24) is 4.98 Å². The molecule has 0 radical (unpaired) electrons. The Bertz CT molecular complexity index is 649. The number of anilines is 1. The summed E-state index contributed by atoms with van der Waals surface area (Å²) in [5.74, 6) is -0.0987. The number of rotatable bonds is 1. The number of hydrogen-bond donors (Lipinski definition) is 1. The smallest absolute Gasteiger partial charge is 0.248 e. The van der Waals surface area contributed by atoms with Gasteiger partial charge in [-0.3, -0.25) is 14.8 Å². The zero-order valence-corrected chi connectivity index (χ0v) is 10.5. The Balaban J connectivity index is 2.21. The van der Waals surface area contributed by atoms with Gasteiger partial charge in [-0.2, -0.15) is 0 Å². The predicted molar refractivity (Wildman–Crippen MR) is 74.4 cm³/mol. The summed E-state index contributed by atoms with van der Waals surface area (Å²) in [7, 11) is 0. The van der Waals surface area contributed by atoms with Gasteiger partial charge >= 0.3 is 0 Å². The number of benzene rings is 1. The quantitative estimate of drug-likeness (QED) is 0.845. The van der Waals surface area contributed by atoms with Crippen molar-refractivity contribution in [2.45, 2.75) is 13.0 Å². The summed E-state index contributed by atoms with van der Waals surface area (Å²) in [6.07, 6.45) is 1.73. The average Bonchev–Trinajstić information content (AvgIpc) is 2.58. The summed E-state index contributed by atoms with van der Waals surface area (Å²) in [6, 6.07) is 12.9. The van der Waals surface area contributed by atoms with Gasteiger partial charge in [-0.25, -0.2) is 0 Å². The van der Waals surface area contributed by atoms with Crippen molar-refractivity contribution in [3.05, 3.63) is 59.9 Å². The molecule has 0 aliphatic carbocycles. The number of carbonyl (C=O) groups excluding carboxylic acids is 1. The van der Waals surface area contributed by atoms with Gasteiger partial charge in [0.15, 0.2) is 0 Å². The molecule has 0 fully saturated rings. The molecule has 3 rings (SSSR count). The lowest BCUT2D eigenvalue weighted by Crippen LogP contribution is -2.22. The summed E-state index contributed by atoms with van der Waals surface area (Å²) in [5, 5.41) is 2.89. The minimum absolute atomic E-state index is 0.0987. The number of aromatic nitrogens is 1. The first-order valence-corrected chi connectivity index (χ1v) is 6.15. The van der Waals surface area contributed by atoms with E-state index in [9.17, 15) is 4.79 Å². The predicted octanol–water partition coefficient (Wildman–Crippen LogP) is 2.26. The zero-order chi connectivity index (χ0) is 13.2. The number of fused-ring (bicyclic) bond motifs is 1. The molecule has 1 aromatic carbocycles. The van der Waals surface area contributed by atoms with E-state index < -0.39 is 6.04 Å². The van der Waals surface area contributed by atoms with E-state index >= 15 is 0 Å². The number of carbonyl (C=O) groups is 1. The second kappa shape index (κ2) is 4.65. The van der Waals surface area contributed by atoms with Crippen LogP contribution in [0.3, 0.4) is 0 Å². The molecule has 1 aromatic heterocycles. The lowest BCUT2D eigenvalue weighted by atomic mass is 10.0. The molecule has 4 heteroatoms. The number of nitrogens with one attached hydrogen (secondary N) is 1. The van der Waals surface area contributed by atoms with Crippen LogP contribution in [0.15, 0.2) is 53.7 Å². The Morgan fingerprint density at radius 1 is 1.11 bits per heavy atom. The molecule has 0 saturated heterocycles. The van der Waals surface area contributed by atoms with Crippen LogP contribution in [0.1, 0.15) is 18.2 Å². The summed E-state index contributed by atoms with van der Waals surface area (Å²) in [4.78, 5) is 20.8. The average molecular weight is 251 g/mol. The summed E-state index contributed by atoms with van der Waals surface area (Å²) >= 11 is 0. The van der Waals surface area contributed by atoms with E-state index in [0.717, 1.165) is 22.7 Å². The second-order valence-corrected chi connectivity index (χ2v) is 4.40. The summed E-state index contributed by atoms with van der Waals surface area (Å²) in [6.45, 7) is 1.78. The molecule has 2 heterocycles. The third-order valence-electron chi connectivity index (χ3n) is 3.05. The van der Waals surface area contributed by atoms with Gasteiger partial charge in [0.1, 0.15) is 6.04 Å². The van der Waals surface area contributed by atoms with Crippen LogP contribution in [0.25, 0.3) is 0 Å². The molecule has 1 aliphatic rings. The first-order valence-electron chi connectivity index (χ1n) is 6.15. The van der Waals surface area contributed by atoms with E-state index in [4.69, 9.17) is 0 Å². The van der Waals surface area contributed by atoms with Gasteiger partial charge in [0, 0.05) is 11.8 Å². The molecule has 94 valence electrons. The first-order chi connectivity index (χ1) is 9.25. The van der Waals surface area contributed by atoms with Crippen molar-refractivity contribution in [2.24, 2.45) is 4.99 Å². The largest absolute Gasteiger partial charge is 0.324 e. The fourth-order valence-corrected chi connectivity index (χ4v) is 2.06. The van der Waals surface area contributed by atoms with E-state index in [2.05, 4.69) is 15.3 Å². The van der Waals surface area contributed by atoms with Crippen molar-refractivity contribution >= 4 is 17.3 Å². The zero-order valence-electron chi connectivity index (χ0n) is 10.5. The van der Waals surface area contributed by atoms with E-state index in [1.165, 1.54) is 0 Å². The normalized spacial score (nSPS) is 18.1. The second-order valence-electron chi connectivity index (χ2n) is 4.40. The number of nitrogens with zero attached hydrogens (tertiary/aromatic N) is 2. The maximum Gasteiger partial charge on any atom is 0.248 e. The molecule has 19 heavy (non-hydrogen) atoms. The van der Waals surface area contributed by atoms with E-state index in [1.807, 2.05) is 42.5 Å². The Labute approximate surface area is 111 Å². The van der Waals surface area contributed by atoms with Gasteiger partial charge in [-0.1, -0.05) is 24.3 Å². The highest BCUT2D eigenvalue weighted by atomic mass is 16.2. The van der Waals surface area contributed by atoms with Gasteiger partial charge in [-0.05, 0) is 25.1 Å².